The van der Waals surface area contributed by atoms with Crippen LogP contribution in [0.4, 0.5) is 8.78 Å². The zero-order valence-corrected chi connectivity index (χ0v) is 10.0. The summed E-state index contributed by atoms with van der Waals surface area (Å²) in [4.78, 5) is 3.96. The van der Waals surface area contributed by atoms with Gasteiger partial charge in [-0.3, -0.25) is 0 Å². The molecule has 0 fully saturated rings. The maximum atomic E-state index is 13.0. The third kappa shape index (κ3) is 3.55. The molecule has 1 atom stereocenters. The molecule has 3 N–H and O–H groups in total. The second-order valence-corrected chi connectivity index (χ2v) is 4.10. The molecule has 0 aliphatic carbocycles. The molecule has 102 valence electrons. The van der Waals surface area contributed by atoms with E-state index in [0.29, 0.717) is 12.0 Å². The lowest BCUT2D eigenvalue weighted by atomic mass is 10.1. The summed E-state index contributed by atoms with van der Waals surface area (Å²) >= 11 is 0. The Kier molecular flexibility index (Phi) is 4.18. The van der Waals surface area contributed by atoms with Crippen LogP contribution in [0.1, 0.15) is 29.8 Å². The average molecular weight is 269 g/mol. The Hall–Kier alpha value is -1.86. The highest BCUT2D eigenvalue weighted by atomic mass is 19.1. The van der Waals surface area contributed by atoms with Gasteiger partial charge in [-0.25, -0.2) is 8.78 Å². The molecule has 0 amide bonds. The number of hydrogen-bond donors (Lipinski definition) is 2. The van der Waals surface area contributed by atoms with Gasteiger partial charge >= 0.3 is 0 Å². The van der Waals surface area contributed by atoms with Crippen LogP contribution in [0.5, 0.6) is 0 Å². The molecule has 0 saturated carbocycles. The molecule has 2 aromatic rings. The maximum absolute atomic E-state index is 13.0. The van der Waals surface area contributed by atoms with Crippen LogP contribution in [-0.2, 0) is 6.42 Å². The first kappa shape index (κ1) is 13.6. The van der Waals surface area contributed by atoms with Crippen molar-refractivity contribution < 1.29 is 18.4 Å². The molecule has 1 aromatic heterocycles. The van der Waals surface area contributed by atoms with Gasteiger partial charge in [-0.15, -0.1) is 0 Å². The molecular weight excluding hydrogens is 256 g/mol. The van der Waals surface area contributed by atoms with E-state index in [0.717, 1.165) is 6.07 Å². The summed E-state index contributed by atoms with van der Waals surface area (Å²) in [5, 5.41) is 13.2. The predicted octanol–water partition coefficient (Wildman–Crippen LogP) is 1.32. The number of aliphatic hydroxyl groups is 1. The van der Waals surface area contributed by atoms with E-state index in [-0.39, 0.29) is 24.7 Å². The van der Waals surface area contributed by atoms with Crippen LogP contribution in [-0.4, -0.2) is 21.8 Å². The summed E-state index contributed by atoms with van der Waals surface area (Å²) in [5.41, 5.74) is 5.68. The monoisotopic (exact) mass is 269 g/mol. The maximum Gasteiger partial charge on any atom is 0.255 e. The molecule has 0 radical (unpaired) electrons. The first-order chi connectivity index (χ1) is 9.08. The quantitative estimate of drug-likeness (QED) is 0.855. The second-order valence-electron chi connectivity index (χ2n) is 4.10. The van der Waals surface area contributed by atoms with Crippen molar-refractivity contribution in [1.29, 1.82) is 0 Å². The normalized spacial score (nSPS) is 12.6. The lowest BCUT2D eigenvalue weighted by molar-refractivity contribution is 0.127. The summed E-state index contributed by atoms with van der Waals surface area (Å²) in [6.07, 6.45) is -0.500. The molecule has 0 saturated heterocycles. The van der Waals surface area contributed by atoms with Crippen LogP contribution < -0.4 is 5.73 Å². The number of nitrogens with zero attached hydrogens (tertiary/aromatic N) is 2. The third-order valence-corrected chi connectivity index (χ3v) is 2.49. The first-order valence-corrected chi connectivity index (χ1v) is 5.74. The summed E-state index contributed by atoms with van der Waals surface area (Å²) < 4.78 is 30.9. The smallest absolute Gasteiger partial charge is 0.255 e. The molecule has 1 heterocycles. The molecule has 7 heteroatoms. The highest BCUT2D eigenvalue weighted by Gasteiger charge is 2.15. The van der Waals surface area contributed by atoms with Crippen molar-refractivity contribution in [3.63, 3.8) is 0 Å². The number of aliphatic hydroxyl groups excluding tert-OH is 1. The molecular formula is C12H13F2N3O2. The molecule has 0 bridgehead atoms. The van der Waals surface area contributed by atoms with Crippen LogP contribution >= 0.6 is 0 Å². The van der Waals surface area contributed by atoms with Crippen molar-refractivity contribution in [1.82, 2.24) is 10.1 Å². The van der Waals surface area contributed by atoms with Crippen LogP contribution in [0.25, 0.3) is 0 Å². The fraction of sp³-hybridized carbons (Fsp3) is 0.333. The van der Waals surface area contributed by atoms with Gasteiger partial charge in [-0.1, -0.05) is 5.16 Å². The Morgan fingerprint density at radius 1 is 1.26 bits per heavy atom. The van der Waals surface area contributed by atoms with Gasteiger partial charge in [0.2, 0.25) is 0 Å². The molecule has 0 spiro atoms. The van der Waals surface area contributed by atoms with Gasteiger partial charge in [-0.05, 0) is 30.7 Å². The van der Waals surface area contributed by atoms with E-state index >= 15 is 0 Å². The largest absolute Gasteiger partial charge is 0.383 e. The highest BCUT2D eigenvalue weighted by Crippen LogP contribution is 2.16. The summed E-state index contributed by atoms with van der Waals surface area (Å²) in [6, 6.07) is 3.17. The summed E-state index contributed by atoms with van der Waals surface area (Å²) in [5.74, 6) is -1.03. The molecule has 0 aliphatic heterocycles. The number of halogens is 2. The lowest BCUT2D eigenvalue weighted by Crippen LogP contribution is -2.07. The van der Waals surface area contributed by atoms with Crippen molar-refractivity contribution in [3.05, 3.63) is 47.1 Å². The average Bonchev–Trinajstić information content (AvgIpc) is 2.76. The van der Waals surface area contributed by atoms with E-state index < -0.39 is 17.7 Å². The van der Waals surface area contributed by atoms with Crippen LogP contribution in [0.15, 0.2) is 22.7 Å². The van der Waals surface area contributed by atoms with Crippen LogP contribution in [0.2, 0.25) is 0 Å². The Balaban J connectivity index is 2.11. The minimum absolute atomic E-state index is 0.0531. The van der Waals surface area contributed by atoms with Crippen molar-refractivity contribution in [2.24, 2.45) is 5.73 Å². The zero-order valence-electron chi connectivity index (χ0n) is 10.0. The minimum atomic E-state index is -0.921. The van der Waals surface area contributed by atoms with Gasteiger partial charge in [0, 0.05) is 12.5 Å². The Morgan fingerprint density at radius 3 is 2.58 bits per heavy atom. The van der Waals surface area contributed by atoms with E-state index in [1.54, 1.807) is 0 Å². The zero-order chi connectivity index (χ0) is 13.8. The Bertz CT molecular complexity index is 539. The van der Waals surface area contributed by atoms with Crippen molar-refractivity contribution >= 4 is 0 Å². The molecule has 2 rings (SSSR count). The molecule has 1 aromatic carbocycles. The van der Waals surface area contributed by atoms with Gasteiger partial charge in [0.1, 0.15) is 17.7 Å². The summed E-state index contributed by atoms with van der Waals surface area (Å²) in [7, 11) is 0. The minimum Gasteiger partial charge on any atom is -0.383 e. The number of hydrogen-bond acceptors (Lipinski definition) is 5. The van der Waals surface area contributed by atoms with Crippen molar-refractivity contribution in [2.75, 3.05) is 6.54 Å². The van der Waals surface area contributed by atoms with Gasteiger partial charge in [0.15, 0.2) is 5.82 Å². The van der Waals surface area contributed by atoms with Gasteiger partial charge in [0.25, 0.3) is 5.89 Å². The highest BCUT2D eigenvalue weighted by molar-refractivity contribution is 5.21. The van der Waals surface area contributed by atoms with Crippen molar-refractivity contribution in [2.45, 2.75) is 18.9 Å². The molecule has 0 unspecified atom stereocenters. The van der Waals surface area contributed by atoms with E-state index in [9.17, 15) is 13.9 Å². The van der Waals surface area contributed by atoms with Crippen molar-refractivity contribution in [3.8, 4) is 0 Å². The Morgan fingerprint density at radius 2 is 1.95 bits per heavy atom. The number of rotatable bonds is 5. The standard InChI is InChI=1S/C12H13F2N3O2/c13-8-3-7(4-9(14)6-8)5-11-16-12(19-17-11)10(18)1-2-15/h3-4,6,10,18H,1-2,5,15H2/t10-/m0/s1. The van der Waals surface area contributed by atoms with Crippen LogP contribution in [0.3, 0.4) is 0 Å². The van der Waals surface area contributed by atoms with Crippen LogP contribution in [0, 0.1) is 11.6 Å². The fourth-order valence-corrected chi connectivity index (χ4v) is 1.65. The van der Waals surface area contributed by atoms with Gasteiger partial charge in [-0.2, -0.15) is 4.98 Å². The van der Waals surface area contributed by atoms with E-state index in [1.807, 2.05) is 0 Å². The SMILES string of the molecule is NCC[C@H](O)c1nc(Cc2cc(F)cc(F)c2)no1. The molecule has 5 nitrogen and oxygen atoms in total. The Labute approximate surface area is 108 Å². The van der Waals surface area contributed by atoms with Gasteiger partial charge in [0.05, 0.1) is 0 Å². The fourth-order valence-electron chi connectivity index (χ4n) is 1.65. The number of benzene rings is 1. The number of nitrogens with two attached hydrogens (primary N) is 1. The first-order valence-electron chi connectivity index (χ1n) is 5.74. The summed E-state index contributed by atoms with van der Waals surface area (Å²) in [6.45, 7) is 0.286. The van der Waals surface area contributed by atoms with E-state index in [2.05, 4.69) is 10.1 Å². The third-order valence-electron chi connectivity index (χ3n) is 2.49. The number of aromatic nitrogens is 2. The van der Waals surface area contributed by atoms with Gasteiger partial charge < -0.3 is 15.4 Å². The van der Waals surface area contributed by atoms with E-state index in [1.165, 1.54) is 12.1 Å². The molecule has 0 aliphatic rings. The predicted molar refractivity (Wildman–Crippen MR) is 62.1 cm³/mol. The molecule has 19 heavy (non-hydrogen) atoms. The topological polar surface area (TPSA) is 85.2 Å². The lowest BCUT2D eigenvalue weighted by Gasteiger charge is -2.01. The van der Waals surface area contributed by atoms with E-state index in [4.69, 9.17) is 10.3 Å². The second kappa shape index (κ2) is 5.85.